The second-order valence-corrected chi connectivity index (χ2v) is 5.21. The topological polar surface area (TPSA) is 56.7 Å². The van der Waals surface area contributed by atoms with Crippen molar-refractivity contribution >= 4 is 0 Å². The molecular weight excluding hydrogens is 271 g/mol. The first-order valence-corrected chi connectivity index (χ1v) is 6.89. The molecule has 2 aromatic heterocycles. The molecule has 1 aliphatic carbocycles. The van der Waals surface area contributed by atoms with Crippen molar-refractivity contribution in [1.82, 2.24) is 20.0 Å². The van der Waals surface area contributed by atoms with Gasteiger partial charge in [-0.05, 0) is 25.0 Å². The van der Waals surface area contributed by atoms with Gasteiger partial charge in [-0.1, -0.05) is 17.3 Å². The first kappa shape index (κ1) is 12.3. The van der Waals surface area contributed by atoms with E-state index in [1.54, 1.807) is 22.9 Å². The van der Waals surface area contributed by atoms with Crippen molar-refractivity contribution in [2.45, 2.75) is 25.3 Å². The Morgan fingerprint density at radius 2 is 2.14 bits per heavy atom. The van der Waals surface area contributed by atoms with Crippen LogP contribution in [0.3, 0.4) is 0 Å². The van der Waals surface area contributed by atoms with E-state index in [-0.39, 0.29) is 5.82 Å². The molecular formula is C15H13FN4O. The SMILES string of the molecule is Fc1ccccc1-c1cnc(Cn2cc(C3CC3)nn2)o1. The lowest BCUT2D eigenvalue weighted by Crippen LogP contribution is -2.00. The van der Waals surface area contributed by atoms with Crippen LogP contribution in [0.2, 0.25) is 0 Å². The van der Waals surface area contributed by atoms with Crippen LogP contribution >= 0.6 is 0 Å². The fraction of sp³-hybridized carbons (Fsp3) is 0.267. The highest BCUT2D eigenvalue weighted by Gasteiger charge is 2.26. The molecule has 1 saturated carbocycles. The van der Waals surface area contributed by atoms with E-state index in [1.807, 2.05) is 6.20 Å². The minimum atomic E-state index is -0.322. The highest BCUT2D eigenvalue weighted by atomic mass is 19.1. The van der Waals surface area contributed by atoms with Crippen molar-refractivity contribution < 1.29 is 8.81 Å². The molecule has 0 saturated heterocycles. The van der Waals surface area contributed by atoms with Gasteiger partial charge in [0.2, 0.25) is 5.89 Å². The maximum Gasteiger partial charge on any atom is 0.216 e. The number of hydrogen-bond acceptors (Lipinski definition) is 4. The quantitative estimate of drug-likeness (QED) is 0.739. The van der Waals surface area contributed by atoms with Crippen LogP contribution in [0.5, 0.6) is 0 Å². The maximum absolute atomic E-state index is 13.7. The zero-order valence-electron chi connectivity index (χ0n) is 11.2. The average Bonchev–Trinajstić information content (AvgIpc) is 3.06. The van der Waals surface area contributed by atoms with Crippen molar-refractivity contribution in [3.63, 3.8) is 0 Å². The Balaban J connectivity index is 1.55. The molecule has 1 aliphatic rings. The molecule has 6 heteroatoms. The normalized spacial score (nSPS) is 14.5. The molecule has 0 spiro atoms. The summed E-state index contributed by atoms with van der Waals surface area (Å²) in [6, 6.07) is 6.47. The molecule has 0 amide bonds. The average molecular weight is 284 g/mol. The minimum Gasteiger partial charge on any atom is -0.439 e. The molecule has 1 aromatic carbocycles. The second kappa shape index (κ2) is 4.80. The van der Waals surface area contributed by atoms with Crippen molar-refractivity contribution in [2.75, 3.05) is 0 Å². The van der Waals surface area contributed by atoms with E-state index < -0.39 is 0 Å². The predicted molar refractivity (Wildman–Crippen MR) is 73.0 cm³/mol. The van der Waals surface area contributed by atoms with Crippen molar-refractivity contribution in [3.05, 3.63) is 54.1 Å². The van der Waals surface area contributed by atoms with Crippen LogP contribution in [-0.4, -0.2) is 20.0 Å². The Morgan fingerprint density at radius 3 is 2.95 bits per heavy atom. The van der Waals surface area contributed by atoms with Gasteiger partial charge in [0, 0.05) is 12.1 Å². The molecule has 2 heterocycles. The van der Waals surface area contributed by atoms with Crippen molar-refractivity contribution in [3.8, 4) is 11.3 Å². The molecule has 0 bridgehead atoms. The van der Waals surface area contributed by atoms with E-state index in [1.165, 1.54) is 25.1 Å². The Morgan fingerprint density at radius 1 is 1.29 bits per heavy atom. The van der Waals surface area contributed by atoms with Crippen LogP contribution in [0.15, 0.2) is 41.1 Å². The van der Waals surface area contributed by atoms with Crippen LogP contribution in [0.1, 0.15) is 30.3 Å². The minimum absolute atomic E-state index is 0.322. The van der Waals surface area contributed by atoms with E-state index in [4.69, 9.17) is 4.42 Å². The van der Waals surface area contributed by atoms with Gasteiger partial charge in [-0.15, -0.1) is 5.10 Å². The molecule has 21 heavy (non-hydrogen) atoms. The van der Waals surface area contributed by atoms with Crippen LogP contribution in [0, 0.1) is 5.82 Å². The summed E-state index contributed by atoms with van der Waals surface area (Å²) in [6.07, 6.45) is 5.83. The van der Waals surface area contributed by atoms with Gasteiger partial charge in [-0.3, -0.25) is 0 Å². The third-order valence-electron chi connectivity index (χ3n) is 3.54. The number of aromatic nitrogens is 4. The molecule has 0 radical (unpaired) electrons. The lowest BCUT2D eigenvalue weighted by Gasteiger charge is -1.98. The third kappa shape index (κ3) is 2.44. The lowest BCUT2D eigenvalue weighted by molar-refractivity contribution is 0.467. The highest BCUT2D eigenvalue weighted by molar-refractivity contribution is 5.56. The van der Waals surface area contributed by atoms with Gasteiger partial charge in [0.05, 0.1) is 17.5 Å². The van der Waals surface area contributed by atoms with Crippen LogP contribution < -0.4 is 0 Å². The monoisotopic (exact) mass is 284 g/mol. The van der Waals surface area contributed by atoms with E-state index in [2.05, 4.69) is 15.3 Å². The summed E-state index contributed by atoms with van der Waals surface area (Å²) in [5.74, 6) is 1.15. The zero-order chi connectivity index (χ0) is 14.2. The van der Waals surface area contributed by atoms with Crippen LogP contribution in [0.4, 0.5) is 4.39 Å². The highest BCUT2D eigenvalue weighted by Crippen LogP contribution is 2.38. The van der Waals surface area contributed by atoms with E-state index in [0.29, 0.717) is 29.7 Å². The first-order chi connectivity index (χ1) is 10.3. The summed E-state index contributed by atoms with van der Waals surface area (Å²) in [6.45, 7) is 0.397. The molecule has 0 N–H and O–H groups in total. The van der Waals surface area contributed by atoms with Crippen LogP contribution in [-0.2, 0) is 6.54 Å². The molecule has 0 unspecified atom stereocenters. The smallest absolute Gasteiger partial charge is 0.216 e. The number of rotatable bonds is 4. The fourth-order valence-electron chi connectivity index (χ4n) is 2.26. The number of hydrogen-bond donors (Lipinski definition) is 0. The number of halogens is 1. The number of oxazole rings is 1. The molecule has 5 nitrogen and oxygen atoms in total. The standard InChI is InChI=1S/C15H13FN4O/c16-12-4-2-1-3-11(12)14-7-17-15(21-14)9-20-8-13(18-19-20)10-5-6-10/h1-4,7-8,10H,5-6,9H2. The molecule has 0 aliphatic heterocycles. The Labute approximate surface area is 120 Å². The van der Waals surface area contributed by atoms with Crippen molar-refractivity contribution in [1.29, 1.82) is 0 Å². The first-order valence-electron chi connectivity index (χ1n) is 6.89. The summed E-state index contributed by atoms with van der Waals surface area (Å²) in [5.41, 5.74) is 1.43. The van der Waals surface area contributed by atoms with Crippen molar-refractivity contribution in [2.24, 2.45) is 0 Å². The van der Waals surface area contributed by atoms with Gasteiger partial charge >= 0.3 is 0 Å². The second-order valence-electron chi connectivity index (χ2n) is 5.21. The van der Waals surface area contributed by atoms with E-state index in [0.717, 1.165) is 5.69 Å². The largest absolute Gasteiger partial charge is 0.439 e. The fourth-order valence-corrected chi connectivity index (χ4v) is 2.26. The third-order valence-corrected chi connectivity index (χ3v) is 3.54. The summed E-state index contributed by atoms with van der Waals surface area (Å²) in [7, 11) is 0. The maximum atomic E-state index is 13.7. The lowest BCUT2D eigenvalue weighted by atomic mass is 10.2. The summed E-state index contributed by atoms with van der Waals surface area (Å²) in [4.78, 5) is 4.18. The Kier molecular flexibility index (Phi) is 2.80. The molecule has 1 fully saturated rings. The van der Waals surface area contributed by atoms with E-state index >= 15 is 0 Å². The van der Waals surface area contributed by atoms with Crippen LogP contribution in [0.25, 0.3) is 11.3 Å². The molecule has 0 atom stereocenters. The molecule has 106 valence electrons. The summed E-state index contributed by atoms with van der Waals surface area (Å²) in [5, 5.41) is 8.20. The van der Waals surface area contributed by atoms with Gasteiger partial charge in [-0.25, -0.2) is 14.1 Å². The van der Waals surface area contributed by atoms with Gasteiger partial charge in [0.25, 0.3) is 0 Å². The number of benzene rings is 1. The van der Waals surface area contributed by atoms with Gasteiger partial charge in [-0.2, -0.15) is 0 Å². The van der Waals surface area contributed by atoms with Gasteiger partial charge in [0.15, 0.2) is 5.76 Å². The molecule has 4 rings (SSSR count). The van der Waals surface area contributed by atoms with Gasteiger partial charge < -0.3 is 4.42 Å². The summed E-state index contributed by atoms with van der Waals surface area (Å²) < 4.78 is 21.0. The number of nitrogens with zero attached hydrogens (tertiary/aromatic N) is 4. The Hall–Kier alpha value is -2.50. The predicted octanol–water partition coefficient (Wildman–Crippen LogP) is 3.00. The summed E-state index contributed by atoms with van der Waals surface area (Å²) >= 11 is 0. The Bertz CT molecular complexity index is 775. The van der Waals surface area contributed by atoms with E-state index in [9.17, 15) is 4.39 Å². The molecule has 3 aromatic rings. The zero-order valence-corrected chi connectivity index (χ0v) is 11.2. The van der Waals surface area contributed by atoms with Gasteiger partial charge in [0.1, 0.15) is 12.4 Å².